The minimum Gasteiger partial charge on any atom is -0.481 e. The lowest BCUT2D eigenvalue weighted by molar-refractivity contribution is -0.132. The number of halogens is 3. The van der Waals surface area contributed by atoms with Crippen LogP contribution >= 0.6 is 0 Å². The van der Waals surface area contributed by atoms with Crippen LogP contribution in [0, 0.1) is 28.8 Å². The maximum absolute atomic E-state index is 14.9. The van der Waals surface area contributed by atoms with Crippen LogP contribution in [0.4, 0.5) is 13.2 Å². The molecule has 0 bridgehead atoms. The molecule has 6 nitrogen and oxygen atoms in total. The fraction of sp³-hybridized carbons (Fsp3) is 0.174. The largest absolute Gasteiger partial charge is 0.481 e. The number of nitriles is 1. The van der Waals surface area contributed by atoms with Gasteiger partial charge in [-0.3, -0.25) is 4.79 Å². The van der Waals surface area contributed by atoms with E-state index in [-0.39, 0.29) is 23.2 Å². The molecule has 164 valence electrons. The van der Waals surface area contributed by atoms with Crippen molar-refractivity contribution in [2.24, 2.45) is 0 Å². The summed E-state index contributed by atoms with van der Waals surface area (Å²) in [6.45, 7) is -0.343. The van der Waals surface area contributed by atoms with E-state index < -0.39 is 36.1 Å². The Morgan fingerprint density at radius 2 is 1.78 bits per heavy atom. The minimum absolute atomic E-state index is 0.0959. The van der Waals surface area contributed by atoms with Gasteiger partial charge in [0.25, 0.3) is 5.91 Å². The van der Waals surface area contributed by atoms with E-state index in [0.29, 0.717) is 11.4 Å². The molecule has 1 heterocycles. The Kier molecular flexibility index (Phi) is 7.41. The number of amides is 1. The second kappa shape index (κ2) is 10.4. The Morgan fingerprint density at radius 1 is 1.06 bits per heavy atom. The molecule has 3 rings (SSSR count). The molecule has 0 aliphatic rings. The number of hydrogen-bond donors (Lipinski definition) is 1. The van der Waals surface area contributed by atoms with E-state index >= 15 is 0 Å². The number of pyridine rings is 1. The van der Waals surface area contributed by atoms with Gasteiger partial charge in [-0.05, 0) is 41.0 Å². The van der Waals surface area contributed by atoms with Crippen LogP contribution in [-0.4, -0.2) is 24.6 Å². The Bertz CT molecular complexity index is 1160. The molecular formula is C23H18F3N3O3. The summed E-state index contributed by atoms with van der Waals surface area (Å²) in [5.41, 5.74) is 1.14. The smallest absolute Gasteiger partial charge is 0.254 e. The molecule has 0 spiro atoms. The first-order valence-corrected chi connectivity index (χ1v) is 9.43. The first kappa shape index (κ1) is 22.8. The summed E-state index contributed by atoms with van der Waals surface area (Å²) >= 11 is 0. The average molecular weight is 441 g/mol. The molecule has 1 amide bonds. The van der Waals surface area contributed by atoms with Crippen LogP contribution in [0.15, 0.2) is 54.7 Å². The highest BCUT2D eigenvalue weighted by atomic mass is 19.2. The van der Waals surface area contributed by atoms with Gasteiger partial charge in [-0.1, -0.05) is 18.2 Å². The summed E-state index contributed by atoms with van der Waals surface area (Å²) in [6, 6.07) is 12.1. The molecule has 1 N–H and O–H groups in total. The Morgan fingerprint density at radius 3 is 2.44 bits per heavy atom. The van der Waals surface area contributed by atoms with Crippen molar-refractivity contribution in [1.82, 2.24) is 10.3 Å². The van der Waals surface area contributed by atoms with E-state index in [1.165, 1.54) is 31.5 Å². The first-order chi connectivity index (χ1) is 15.4. The molecule has 0 fully saturated rings. The van der Waals surface area contributed by atoms with Crippen LogP contribution < -0.4 is 10.1 Å². The summed E-state index contributed by atoms with van der Waals surface area (Å²) in [6.07, 6.45) is 0.123. The third kappa shape index (κ3) is 5.42. The van der Waals surface area contributed by atoms with Crippen molar-refractivity contribution in [2.75, 3.05) is 13.7 Å². The van der Waals surface area contributed by atoms with Crippen LogP contribution in [0.1, 0.15) is 17.2 Å². The Hall–Kier alpha value is -3.90. The number of carbonyl (C=O) groups is 1. The summed E-state index contributed by atoms with van der Waals surface area (Å²) < 4.78 is 51.9. The minimum atomic E-state index is -1.39. The van der Waals surface area contributed by atoms with Crippen LogP contribution in [-0.2, 0) is 16.1 Å². The lowest BCUT2D eigenvalue weighted by Crippen LogP contribution is -2.31. The number of methoxy groups -OCH3 is 1. The highest BCUT2D eigenvalue weighted by molar-refractivity contribution is 5.82. The fourth-order valence-corrected chi connectivity index (χ4v) is 2.98. The van der Waals surface area contributed by atoms with Gasteiger partial charge >= 0.3 is 0 Å². The van der Waals surface area contributed by atoms with Crippen LogP contribution in [0.5, 0.6) is 5.88 Å². The fourth-order valence-electron chi connectivity index (χ4n) is 2.98. The summed E-state index contributed by atoms with van der Waals surface area (Å²) in [5, 5.41) is 11.5. The third-order valence-electron chi connectivity index (χ3n) is 4.56. The van der Waals surface area contributed by atoms with Crippen LogP contribution in [0.25, 0.3) is 11.1 Å². The third-order valence-corrected chi connectivity index (χ3v) is 4.56. The van der Waals surface area contributed by atoms with Gasteiger partial charge < -0.3 is 14.8 Å². The Labute approximate surface area is 182 Å². The zero-order valence-electron chi connectivity index (χ0n) is 16.9. The molecule has 1 unspecified atom stereocenters. The van der Waals surface area contributed by atoms with Gasteiger partial charge in [-0.2, -0.15) is 5.26 Å². The molecule has 0 aliphatic carbocycles. The van der Waals surface area contributed by atoms with E-state index in [1.807, 2.05) is 0 Å². The molecule has 1 aromatic heterocycles. The number of nitrogens with zero attached hydrogens (tertiary/aromatic N) is 2. The predicted molar refractivity (Wildman–Crippen MR) is 109 cm³/mol. The second-order valence-corrected chi connectivity index (χ2v) is 6.64. The molecule has 1 atom stereocenters. The zero-order chi connectivity index (χ0) is 23.1. The first-order valence-electron chi connectivity index (χ1n) is 9.43. The molecule has 2 aromatic carbocycles. The van der Waals surface area contributed by atoms with Gasteiger partial charge in [0, 0.05) is 24.4 Å². The van der Waals surface area contributed by atoms with Crippen molar-refractivity contribution >= 4 is 5.91 Å². The van der Waals surface area contributed by atoms with Crippen molar-refractivity contribution in [3.63, 3.8) is 0 Å². The van der Waals surface area contributed by atoms with Crippen molar-refractivity contribution in [3.05, 3.63) is 83.3 Å². The number of hydrogen-bond acceptors (Lipinski definition) is 5. The Balaban J connectivity index is 1.81. The molecular weight excluding hydrogens is 423 g/mol. The molecule has 0 saturated carbocycles. The van der Waals surface area contributed by atoms with Gasteiger partial charge in [0.15, 0.2) is 17.7 Å². The van der Waals surface area contributed by atoms with Gasteiger partial charge in [-0.25, -0.2) is 18.2 Å². The van der Waals surface area contributed by atoms with E-state index in [4.69, 9.17) is 14.7 Å². The lowest BCUT2D eigenvalue weighted by atomic mass is 10.0. The number of benzene rings is 2. The molecule has 0 aliphatic heterocycles. The normalized spacial score (nSPS) is 11.5. The van der Waals surface area contributed by atoms with Crippen molar-refractivity contribution < 1.29 is 27.4 Å². The average Bonchev–Trinajstić information content (AvgIpc) is 2.80. The van der Waals surface area contributed by atoms with Gasteiger partial charge in [-0.15, -0.1) is 0 Å². The number of carbonyl (C=O) groups excluding carboxylic acids is 1. The van der Waals surface area contributed by atoms with Crippen molar-refractivity contribution in [1.29, 1.82) is 5.26 Å². The van der Waals surface area contributed by atoms with Crippen LogP contribution in [0.3, 0.4) is 0 Å². The van der Waals surface area contributed by atoms with Crippen molar-refractivity contribution in [2.45, 2.75) is 12.6 Å². The van der Waals surface area contributed by atoms with Crippen LogP contribution in [0.2, 0.25) is 0 Å². The highest BCUT2D eigenvalue weighted by Crippen LogP contribution is 2.28. The molecule has 3 aromatic rings. The van der Waals surface area contributed by atoms with Gasteiger partial charge in [0.2, 0.25) is 5.88 Å². The molecule has 0 saturated heterocycles. The summed E-state index contributed by atoms with van der Waals surface area (Å²) in [7, 11) is 1.46. The van der Waals surface area contributed by atoms with Gasteiger partial charge in [0.05, 0.1) is 13.2 Å². The monoisotopic (exact) mass is 441 g/mol. The van der Waals surface area contributed by atoms with Crippen molar-refractivity contribution in [3.8, 4) is 23.1 Å². The number of ether oxygens (including phenoxy) is 2. The SMILES string of the molecule is COc1cc(CNC(=O)C(OCC#N)c2ccc(-c3ccc(F)c(F)c3)cc2F)ccn1. The number of rotatable bonds is 8. The maximum Gasteiger partial charge on any atom is 0.254 e. The quantitative estimate of drug-likeness (QED) is 0.570. The number of nitrogens with one attached hydrogen (secondary N) is 1. The van der Waals surface area contributed by atoms with E-state index in [2.05, 4.69) is 10.3 Å². The molecule has 9 heteroatoms. The second-order valence-electron chi connectivity index (χ2n) is 6.64. The standard InChI is InChI=1S/C23H18F3N3O3/c1-31-21-10-14(6-8-28-21)13-29-23(30)22(32-9-7-27)17-4-2-15(11-19(17)25)16-3-5-18(24)20(26)12-16/h2-6,8,10-12,22H,9,13H2,1H3,(H,29,30). The topological polar surface area (TPSA) is 84.2 Å². The molecule has 0 radical (unpaired) electrons. The lowest BCUT2D eigenvalue weighted by Gasteiger charge is -2.18. The van der Waals surface area contributed by atoms with E-state index in [0.717, 1.165) is 18.2 Å². The highest BCUT2D eigenvalue weighted by Gasteiger charge is 2.25. The van der Waals surface area contributed by atoms with E-state index in [1.54, 1.807) is 18.2 Å². The number of aromatic nitrogens is 1. The molecule has 32 heavy (non-hydrogen) atoms. The van der Waals surface area contributed by atoms with Gasteiger partial charge in [0.1, 0.15) is 12.4 Å². The zero-order valence-corrected chi connectivity index (χ0v) is 16.9. The predicted octanol–water partition coefficient (Wildman–Crippen LogP) is 4.07. The van der Waals surface area contributed by atoms with E-state index in [9.17, 15) is 18.0 Å². The maximum atomic E-state index is 14.9. The summed E-state index contributed by atoms with van der Waals surface area (Å²) in [5.74, 6) is -3.16. The summed E-state index contributed by atoms with van der Waals surface area (Å²) in [4.78, 5) is 16.7.